The Morgan fingerprint density at radius 3 is 2.36 bits per heavy atom. The third kappa shape index (κ3) is 7.89. The van der Waals surface area contributed by atoms with Gasteiger partial charge in [0.2, 0.25) is 11.8 Å². The van der Waals surface area contributed by atoms with Crippen molar-refractivity contribution in [2.24, 2.45) is 0 Å². The Bertz CT molecular complexity index is 1350. The van der Waals surface area contributed by atoms with Gasteiger partial charge in [-0.05, 0) is 52.0 Å². The van der Waals surface area contributed by atoms with Gasteiger partial charge in [0.15, 0.2) is 0 Å². The highest BCUT2D eigenvalue weighted by molar-refractivity contribution is 7.03. The van der Waals surface area contributed by atoms with Gasteiger partial charge in [0.25, 0.3) is 0 Å². The average Bonchev–Trinajstić information content (AvgIpc) is 3.51. The number of ether oxygens (including phenoxy) is 1. The standard InChI is InChI=1S/C30H31N5O3S/c1-34(18-19-38-2)30(37)28(20-23-6-4-3-5-7-23)35(29(36)13-12-27-22-39-33-32-27)21-24-8-10-25(11-9-24)26-14-16-31-17-15-26/h3-17,22,28H,18-21H2,1-2H3. The van der Waals surface area contributed by atoms with Crippen molar-refractivity contribution >= 4 is 29.4 Å². The molecule has 1 atom stereocenters. The fourth-order valence-electron chi connectivity index (χ4n) is 4.14. The van der Waals surface area contributed by atoms with E-state index in [1.54, 1.807) is 47.8 Å². The predicted octanol–water partition coefficient (Wildman–Crippen LogP) is 4.36. The van der Waals surface area contributed by atoms with Crippen LogP contribution < -0.4 is 0 Å². The molecule has 0 aliphatic heterocycles. The van der Waals surface area contributed by atoms with E-state index in [0.29, 0.717) is 25.3 Å². The van der Waals surface area contributed by atoms with Crippen LogP contribution in [0.2, 0.25) is 0 Å². The monoisotopic (exact) mass is 541 g/mol. The maximum atomic E-state index is 13.8. The summed E-state index contributed by atoms with van der Waals surface area (Å²) in [6.07, 6.45) is 6.98. The zero-order valence-electron chi connectivity index (χ0n) is 22.0. The summed E-state index contributed by atoms with van der Waals surface area (Å²) < 4.78 is 9.05. The van der Waals surface area contributed by atoms with Crippen LogP contribution in [0.3, 0.4) is 0 Å². The first-order chi connectivity index (χ1) is 19.0. The SMILES string of the molecule is COCCN(C)C(=O)C(Cc1ccccc1)N(Cc1ccc(-c2ccncc2)cc1)C(=O)C=Cc1csnn1. The van der Waals surface area contributed by atoms with Crippen LogP contribution in [-0.4, -0.2) is 69.5 Å². The Morgan fingerprint density at radius 2 is 1.69 bits per heavy atom. The van der Waals surface area contributed by atoms with Crippen LogP contribution in [0.1, 0.15) is 16.8 Å². The molecule has 200 valence electrons. The van der Waals surface area contributed by atoms with Gasteiger partial charge >= 0.3 is 0 Å². The van der Waals surface area contributed by atoms with Gasteiger partial charge in [-0.15, -0.1) is 5.10 Å². The Balaban J connectivity index is 1.66. The van der Waals surface area contributed by atoms with E-state index >= 15 is 0 Å². The van der Waals surface area contributed by atoms with Crippen molar-refractivity contribution in [3.05, 3.63) is 107 Å². The summed E-state index contributed by atoms with van der Waals surface area (Å²) in [5.41, 5.74) is 4.58. The van der Waals surface area contributed by atoms with Crippen molar-refractivity contribution in [2.45, 2.75) is 19.0 Å². The molecular weight excluding hydrogens is 510 g/mol. The molecule has 0 radical (unpaired) electrons. The summed E-state index contributed by atoms with van der Waals surface area (Å²) >= 11 is 1.21. The smallest absolute Gasteiger partial charge is 0.247 e. The fourth-order valence-corrected chi connectivity index (χ4v) is 4.57. The number of carbonyl (C=O) groups is 2. The number of benzene rings is 2. The first kappa shape index (κ1) is 27.8. The van der Waals surface area contributed by atoms with Crippen LogP contribution in [0.15, 0.2) is 90.6 Å². The summed E-state index contributed by atoms with van der Waals surface area (Å²) in [4.78, 5) is 34.8. The van der Waals surface area contributed by atoms with Crippen LogP contribution in [0.25, 0.3) is 17.2 Å². The number of hydrogen-bond donors (Lipinski definition) is 0. The molecule has 2 heterocycles. The number of aromatic nitrogens is 3. The zero-order valence-corrected chi connectivity index (χ0v) is 22.8. The van der Waals surface area contributed by atoms with E-state index in [0.717, 1.165) is 22.3 Å². The van der Waals surface area contributed by atoms with E-state index in [2.05, 4.69) is 14.6 Å². The molecule has 0 aliphatic carbocycles. The molecule has 39 heavy (non-hydrogen) atoms. The molecule has 0 bridgehead atoms. The highest BCUT2D eigenvalue weighted by Crippen LogP contribution is 2.21. The van der Waals surface area contributed by atoms with Gasteiger partial charge < -0.3 is 14.5 Å². The van der Waals surface area contributed by atoms with Gasteiger partial charge in [-0.1, -0.05) is 59.1 Å². The zero-order chi connectivity index (χ0) is 27.5. The summed E-state index contributed by atoms with van der Waals surface area (Å²) in [7, 11) is 3.34. The van der Waals surface area contributed by atoms with Crippen molar-refractivity contribution in [3.8, 4) is 11.1 Å². The van der Waals surface area contributed by atoms with Gasteiger partial charge in [-0.2, -0.15) is 0 Å². The molecule has 9 heteroatoms. The molecule has 2 aromatic carbocycles. The number of methoxy groups -OCH3 is 1. The lowest BCUT2D eigenvalue weighted by Crippen LogP contribution is -2.51. The molecule has 0 saturated carbocycles. The maximum absolute atomic E-state index is 13.8. The molecule has 4 aromatic rings. The molecule has 0 fully saturated rings. The number of rotatable bonds is 12. The lowest BCUT2D eigenvalue weighted by Gasteiger charge is -2.33. The Morgan fingerprint density at radius 1 is 0.974 bits per heavy atom. The molecule has 2 amide bonds. The van der Waals surface area contributed by atoms with Crippen LogP contribution in [0.5, 0.6) is 0 Å². The minimum atomic E-state index is -0.722. The average molecular weight is 542 g/mol. The minimum Gasteiger partial charge on any atom is -0.383 e. The molecule has 0 spiro atoms. The van der Waals surface area contributed by atoms with Gasteiger partial charge in [-0.3, -0.25) is 14.6 Å². The van der Waals surface area contributed by atoms with Crippen LogP contribution >= 0.6 is 11.5 Å². The molecule has 0 saturated heterocycles. The number of carbonyl (C=O) groups excluding carboxylic acids is 2. The molecule has 8 nitrogen and oxygen atoms in total. The third-order valence-electron chi connectivity index (χ3n) is 6.32. The summed E-state index contributed by atoms with van der Waals surface area (Å²) in [6.45, 7) is 1.08. The Hall–Kier alpha value is -4.21. The number of amides is 2. The van der Waals surface area contributed by atoms with E-state index in [4.69, 9.17) is 4.74 Å². The largest absolute Gasteiger partial charge is 0.383 e. The number of pyridine rings is 1. The lowest BCUT2D eigenvalue weighted by molar-refractivity contribution is -0.143. The number of likely N-dealkylation sites (N-methyl/N-ethyl adjacent to an activating group) is 1. The van der Waals surface area contributed by atoms with Gasteiger partial charge in [-0.25, -0.2) is 0 Å². The Kier molecular flexibility index (Phi) is 10.0. The molecule has 4 rings (SSSR count). The maximum Gasteiger partial charge on any atom is 0.247 e. The molecule has 0 N–H and O–H groups in total. The van der Waals surface area contributed by atoms with Gasteiger partial charge in [0, 0.05) is 57.5 Å². The highest BCUT2D eigenvalue weighted by Gasteiger charge is 2.31. The molecular formula is C30H31N5O3S. The van der Waals surface area contributed by atoms with E-state index in [1.807, 2.05) is 66.7 Å². The summed E-state index contributed by atoms with van der Waals surface area (Å²) in [5, 5.41) is 5.76. The Labute approximate surface area is 232 Å². The minimum absolute atomic E-state index is 0.151. The summed E-state index contributed by atoms with van der Waals surface area (Å²) in [5.74, 6) is -0.433. The van der Waals surface area contributed by atoms with E-state index in [-0.39, 0.29) is 18.4 Å². The second kappa shape index (κ2) is 14.1. The quantitative estimate of drug-likeness (QED) is 0.248. The van der Waals surface area contributed by atoms with E-state index < -0.39 is 6.04 Å². The summed E-state index contributed by atoms with van der Waals surface area (Å²) in [6, 6.07) is 20.9. The van der Waals surface area contributed by atoms with Crippen LogP contribution in [-0.2, 0) is 27.3 Å². The molecule has 0 aliphatic rings. The van der Waals surface area contributed by atoms with Crippen molar-refractivity contribution in [2.75, 3.05) is 27.3 Å². The normalized spacial score (nSPS) is 11.8. The van der Waals surface area contributed by atoms with Crippen LogP contribution in [0, 0.1) is 0 Å². The van der Waals surface area contributed by atoms with Gasteiger partial charge in [0.05, 0.1) is 12.3 Å². The predicted molar refractivity (Wildman–Crippen MR) is 153 cm³/mol. The number of nitrogens with zero attached hydrogens (tertiary/aromatic N) is 5. The molecule has 1 unspecified atom stereocenters. The third-order valence-corrected chi connectivity index (χ3v) is 6.84. The second-order valence-electron chi connectivity index (χ2n) is 9.02. The van der Waals surface area contributed by atoms with Crippen molar-refractivity contribution in [1.82, 2.24) is 24.4 Å². The second-order valence-corrected chi connectivity index (χ2v) is 9.63. The molecule has 2 aromatic heterocycles. The number of hydrogen-bond acceptors (Lipinski definition) is 7. The van der Waals surface area contributed by atoms with E-state index in [1.165, 1.54) is 17.6 Å². The van der Waals surface area contributed by atoms with Crippen LogP contribution in [0.4, 0.5) is 0 Å². The topological polar surface area (TPSA) is 88.5 Å². The van der Waals surface area contributed by atoms with Crippen molar-refractivity contribution in [3.63, 3.8) is 0 Å². The first-order valence-corrected chi connectivity index (χ1v) is 13.4. The van der Waals surface area contributed by atoms with Crippen molar-refractivity contribution in [1.29, 1.82) is 0 Å². The van der Waals surface area contributed by atoms with Crippen molar-refractivity contribution < 1.29 is 14.3 Å². The highest BCUT2D eigenvalue weighted by atomic mass is 32.1. The van der Waals surface area contributed by atoms with E-state index in [9.17, 15) is 9.59 Å². The fraction of sp³-hybridized carbons (Fsp3) is 0.233. The van der Waals surface area contributed by atoms with Gasteiger partial charge in [0.1, 0.15) is 6.04 Å². The first-order valence-electron chi connectivity index (χ1n) is 12.6. The lowest BCUT2D eigenvalue weighted by atomic mass is 10.0.